The predicted molar refractivity (Wildman–Crippen MR) is 72.0 cm³/mol. The highest BCUT2D eigenvalue weighted by molar-refractivity contribution is 5.73. The molecule has 0 aliphatic rings. The summed E-state index contributed by atoms with van der Waals surface area (Å²) in [7, 11) is 1.74. The zero-order chi connectivity index (χ0) is 15.1. The topological polar surface area (TPSA) is 100 Å². The van der Waals surface area contributed by atoms with Gasteiger partial charge in [0.15, 0.2) is 0 Å². The Morgan fingerprint density at radius 3 is 2.85 bits per heavy atom. The number of hydrogen-bond donors (Lipinski definition) is 2. The van der Waals surface area contributed by atoms with E-state index < -0.39 is 5.97 Å². The van der Waals surface area contributed by atoms with Crippen LogP contribution in [0.5, 0.6) is 0 Å². The number of nitrogens with zero attached hydrogens (tertiary/aromatic N) is 4. The molecule has 1 rings (SSSR count). The maximum Gasteiger partial charge on any atom is 0.325 e. The summed E-state index contributed by atoms with van der Waals surface area (Å²) in [6, 6.07) is -0.182. The molecule has 0 spiro atoms. The van der Waals surface area contributed by atoms with Gasteiger partial charge in [0.25, 0.3) is 0 Å². The number of carbonyl (C=O) groups is 2. The molecule has 0 aliphatic heterocycles. The Morgan fingerprint density at radius 1 is 1.55 bits per heavy atom. The van der Waals surface area contributed by atoms with Gasteiger partial charge in [0.1, 0.15) is 12.2 Å². The summed E-state index contributed by atoms with van der Waals surface area (Å²) in [5.74, 6) is -0.541. The minimum absolute atomic E-state index is 0.182. The van der Waals surface area contributed by atoms with E-state index in [1.54, 1.807) is 11.9 Å². The van der Waals surface area contributed by atoms with Crippen LogP contribution in [0.15, 0.2) is 6.20 Å². The molecule has 8 heteroatoms. The standard InChI is InChI=1S/C12H21N5O3/c1-4-9(2)6-16(3)12(20)13-5-10-7-17(15-14-10)8-11(18)19/h7,9H,4-6,8H2,1-3H3,(H,13,20)(H,18,19). The number of carboxylic acids is 1. The molecule has 2 N–H and O–H groups in total. The fraction of sp³-hybridized carbons (Fsp3) is 0.667. The van der Waals surface area contributed by atoms with Crippen molar-refractivity contribution in [3.05, 3.63) is 11.9 Å². The van der Waals surface area contributed by atoms with Gasteiger partial charge in [0, 0.05) is 13.6 Å². The molecule has 112 valence electrons. The van der Waals surface area contributed by atoms with Gasteiger partial charge in [-0.2, -0.15) is 0 Å². The van der Waals surface area contributed by atoms with E-state index in [4.69, 9.17) is 5.11 Å². The summed E-state index contributed by atoms with van der Waals surface area (Å²) < 4.78 is 1.21. The molecule has 0 bridgehead atoms. The second-order valence-corrected chi connectivity index (χ2v) is 4.85. The van der Waals surface area contributed by atoms with Crippen LogP contribution in [0.4, 0.5) is 4.79 Å². The number of aliphatic carboxylic acids is 1. The monoisotopic (exact) mass is 283 g/mol. The molecule has 1 aromatic rings. The summed E-state index contributed by atoms with van der Waals surface area (Å²) in [4.78, 5) is 23.9. The van der Waals surface area contributed by atoms with E-state index in [0.717, 1.165) is 6.42 Å². The first-order chi connectivity index (χ1) is 9.42. The van der Waals surface area contributed by atoms with Crippen molar-refractivity contribution in [1.82, 2.24) is 25.2 Å². The Balaban J connectivity index is 2.40. The number of carboxylic acid groups (broad SMARTS) is 1. The highest BCUT2D eigenvalue weighted by atomic mass is 16.4. The molecule has 0 radical (unpaired) electrons. The molecule has 1 aromatic heterocycles. The first-order valence-corrected chi connectivity index (χ1v) is 6.52. The summed E-state index contributed by atoms with van der Waals surface area (Å²) in [6.45, 7) is 4.84. The van der Waals surface area contributed by atoms with E-state index in [-0.39, 0.29) is 19.1 Å². The summed E-state index contributed by atoms with van der Waals surface area (Å²) in [5, 5.41) is 18.8. The number of carbonyl (C=O) groups excluding carboxylic acids is 1. The molecular formula is C12H21N5O3. The molecule has 8 nitrogen and oxygen atoms in total. The summed E-state index contributed by atoms with van der Waals surface area (Å²) in [5.41, 5.74) is 0.525. The van der Waals surface area contributed by atoms with Crippen LogP contribution in [0.2, 0.25) is 0 Å². The molecule has 1 unspecified atom stereocenters. The molecule has 0 fully saturated rings. The smallest absolute Gasteiger partial charge is 0.325 e. The first kappa shape index (κ1) is 15.9. The Bertz CT molecular complexity index is 460. The Labute approximate surface area is 117 Å². The zero-order valence-electron chi connectivity index (χ0n) is 12.0. The van der Waals surface area contributed by atoms with Crippen LogP contribution in [0, 0.1) is 5.92 Å². The molecule has 1 heterocycles. The van der Waals surface area contributed by atoms with Gasteiger partial charge in [0.2, 0.25) is 0 Å². The third-order valence-electron chi connectivity index (χ3n) is 2.93. The number of amides is 2. The number of nitrogens with one attached hydrogen (secondary N) is 1. The fourth-order valence-corrected chi connectivity index (χ4v) is 1.62. The lowest BCUT2D eigenvalue weighted by molar-refractivity contribution is -0.137. The van der Waals surface area contributed by atoms with Crippen molar-refractivity contribution in [3.8, 4) is 0 Å². The maximum absolute atomic E-state index is 11.8. The highest BCUT2D eigenvalue weighted by Gasteiger charge is 2.12. The van der Waals surface area contributed by atoms with Crippen LogP contribution in [0.25, 0.3) is 0 Å². The van der Waals surface area contributed by atoms with E-state index in [0.29, 0.717) is 18.2 Å². The summed E-state index contributed by atoms with van der Waals surface area (Å²) >= 11 is 0. The average Bonchev–Trinajstić information content (AvgIpc) is 2.82. The molecule has 0 aliphatic carbocycles. The van der Waals surface area contributed by atoms with Crippen molar-refractivity contribution in [2.45, 2.75) is 33.4 Å². The molecule has 2 amide bonds. The molecular weight excluding hydrogens is 262 g/mol. The van der Waals surface area contributed by atoms with Crippen molar-refractivity contribution < 1.29 is 14.7 Å². The lowest BCUT2D eigenvalue weighted by Crippen LogP contribution is -2.39. The maximum atomic E-state index is 11.8. The van der Waals surface area contributed by atoms with Gasteiger partial charge in [-0.15, -0.1) is 5.10 Å². The minimum Gasteiger partial charge on any atom is -0.480 e. The molecule has 1 atom stereocenters. The van der Waals surface area contributed by atoms with E-state index in [2.05, 4.69) is 29.5 Å². The van der Waals surface area contributed by atoms with Crippen LogP contribution in [-0.4, -0.2) is 50.6 Å². The van der Waals surface area contributed by atoms with Crippen molar-refractivity contribution in [3.63, 3.8) is 0 Å². The van der Waals surface area contributed by atoms with Gasteiger partial charge in [-0.05, 0) is 5.92 Å². The molecule has 0 saturated carbocycles. The van der Waals surface area contributed by atoms with Gasteiger partial charge in [-0.3, -0.25) is 4.79 Å². The van der Waals surface area contributed by atoms with Crippen LogP contribution < -0.4 is 5.32 Å². The third-order valence-corrected chi connectivity index (χ3v) is 2.93. The normalized spacial score (nSPS) is 11.9. The van der Waals surface area contributed by atoms with E-state index in [9.17, 15) is 9.59 Å². The van der Waals surface area contributed by atoms with E-state index in [1.165, 1.54) is 10.9 Å². The van der Waals surface area contributed by atoms with Crippen molar-refractivity contribution in [2.24, 2.45) is 5.92 Å². The number of rotatable bonds is 7. The fourth-order valence-electron chi connectivity index (χ4n) is 1.62. The zero-order valence-corrected chi connectivity index (χ0v) is 12.0. The molecule has 0 aromatic carbocycles. The largest absolute Gasteiger partial charge is 0.480 e. The minimum atomic E-state index is -0.987. The molecule has 0 saturated heterocycles. The van der Waals surface area contributed by atoms with Crippen LogP contribution >= 0.6 is 0 Å². The number of urea groups is 1. The van der Waals surface area contributed by atoms with Gasteiger partial charge in [-0.1, -0.05) is 25.5 Å². The van der Waals surface area contributed by atoms with Crippen LogP contribution in [0.3, 0.4) is 0 Å². The quantitative estimate of drug-likeness (QED) is 0.761. The van der Waals surface area contributed by atoms with Gasteiger partial charge >= 0.3 is 12.0 Å². The lowest BCUT2D eigenvalue weighted by Gasteiger charge is -2.20. The first-order valence-electron chi connectivity index (χ1n) is 6.52. The van der Waals surface area contributed by atoms with Crippen LogP contribution in [0.1, 0.15) is 26.0 Å². The summed E-state index contributed by atoms with van der Waals surface area (Å²) in [6.07, 6.45) is 2.52. The Hall–Kier alpha value is -2.12. The predicted octanol–water partition coefficient (Wildman–Crippen LogP) is 0.550. The van der Waals surface area contributed by atoms with Crippen molar-refractivity contribution in [1.29, 1.82) is 0 Å². The Kier molecular flexibility index (Phi) is 5.95. The van der Waals surface area contributed by atoms with E-state index in [1.807, 2.05) is 0 Å². The third kappa shape index (κ3) is 5.25. The van der Waals surface area contributed by atoms with Crippen molar-refractivity contribution >= 4 is 12.0 Å². The lowest BCUT2D eigenvalue weighted by atomic mass is 10.1. The number of hydrogen-bond acceptors (Lipinski definition) is 4. The highest BCUT2D eigenvalue weighted by Crippen LogP contribution is 2.02. The van der Waals surface area contributed by atoms with Gasteiger partial charge < -0.3 is 15.3 Å². The second kappa shape index (κ2) is 7.46. The van der Waals surface area contributed by atoms with Crippen molar-refractivity contribution in [2.75, 3.05) is 13.6 Å². The van der Waals surface area contributed by atoms with E-state index >= 15 is 0 Å². The SMILES string of the molecule is CCC(C)CN(C)C(=O)NCc1cn(CC(=O)O)nn1. The number of aromatic nitrogens is 3. The van der Waals surface area contributed by atoms with Crippen LogP contribution in [-0.2, 0) is 17.9 Å². The average molecular weight is 283 g/mol. The second-order valence-electron chi connectivity index (χ2n) is 4.85. The van der Waals surface area contributed by atoms with Gasteiger partial charge in [-0.25, -0.2) is 9.48 Å². The van der Waals surface area contributed by atoms with Gasteiger partial charge in [0.05, 0.1) is 12.7 Å². The molecule has 20 heavy (non-hydrogen) atoms. The Morgan fingerprint density at radius 2 is 2.25 bits per heavy atom.